The van der Waals surface area contributed by atoms with E-state index in [1.807, 2.05) is 0 Å². The van der Waals surface area contributed by atoms with E-state index >= 15 is 0 Å². The Morgan fingerprint density at radius 2 is 1.57 bits per heavy atom. The highest BCUT2D eigenvalue weighted by Crippen LogP contribution is 2.22. The number of hydrogen-bond donors (Lipinski definition) is 3. The van der Waals surface area contributed by atoms with Gasteiger partial charge < -0.3 is 21.3 Å². The molecule has 2 atom stereocenters. The Morgan fingerprint density at radius 3 is 1.96 bits per heavy atom. The first kappa shape index (κ1) is 26.0. The van der Waals surface area contributed by atoms with Crippen molar-refractivity contribution in [3.63, 3.8) is 0 Å². The molecular formula is C20H38N4O4. The van der Waals surface area contributed by atoms with Crippen molar-refractivity contribution in [3.8, 4) is 0 Å². The number of ketones is 1. The molecule has 0 aromatic rings. The van der Waals surface area contributed by atoms with Gasteiger partial charge >= 0.3 is 0 Å². The number of nitrogens with two attached hydrogens (primary N) is 1. The predicted molar refractivity (Wildman–Crippen MR) is 109 cm³/mol. The van der Waals surface area contributed by atoms with Crippen molar-refractivity contribution >= 4 is 23.5 Å². The van der Waals surface area contributed by atoms with E-state index in [-0.39, 0.29) is 37.1 Å². The first-order valence-corrected chi connectivity index (χ1v) is 9.81. The lowest BCUT2D eigenvalue weighted by Gasteiger charge is -2.37. The molecule has 162 valence electrons. The zero-order chi connectivity index (χ0) is 22.3. The lowest BCUT2D eigenvalue weighted by atomic mass is 9.86. The molecule has 0 saturated heterocycles. The zero-order valence-electron chi connectivity index (χ0n) is 18.6. The third kappa shape index (κ3) is 7.22. The minimum Gasteiger partial charge on any atom is -0.353 e. The minimum atomic E-state index is -1.17. The molecule has 4 N–H and O–H groups in total. The fourth-order valence-corrected chi connectivity index (χ4v) is 2.44. The SMILES string of the molecule is CCC(C)(NC(=O)C(C)C)C(=O)N(C)C(CC(=O)C(C)(C)C)C(=O)NCCN. The first-order chi connectivity index (χ1) is 12.7. The Hall–Kier alpha value is -1.96. The van der Waals surface area contributed by atoms with Gasteiger partial charge in [0.2, 0.25) is 17.7 Å². The van der Waals surface area contributed by atoms with Crippen molar-refractivity contribution in [2.45, 2.75) is 72.9 Å². The molecule has 0 aromatic carbocycles. The number of carbonyl (C=O) groups is 4. The van der Waals surface area contributed by atoms with Gasteiger partial charge in [0.05, 0.1) is 0 Å². The molecule has 0 aromatic heterocycles. The summed E-state index contributed by atoms with van der Waals surface area (Å²) in [7, 11) is 1.49. The molecule has 2 unspecified atom stereocenters. The van der Waals surface area contributed by atoms with E-state index in [9.17, 15) is 19.2 Å². The molecule has 8 heteroatoms. The quantitative estimate of drug-likeness (QED) is 0.503. The molecule has 3 amide bonds. The number of amides is 3. The standard InChI is InChI=1S/C20H38N4O4/c1-9-20(7,23-16(26)13(2)3)18(28)24(8)14(17(27)22-11-10-21)12-15(25)19(4,5)6/h13-14H,9-12,21H2,1-8H3,(H,22,27)(H,23,26). The Labute approximate surface area is 169 Å². The van der Waals surface area contributed by atoms with Crippen molar-refractivity contribution in [1.82, 2.24) is 15.5 Å². The summed E-state index contributed by atoms with van der Waals surface area (Å²) in [6.07, 6.45) is 0.235. The second kappa shape index (κ2) is 10.5. The van der Waals surface area contributed by atoms with Crippen molar-refractivity contribution < 1.29 is 19.2 Å². The van der Waals surface area contributed by atoms with Crippen LogP contribution in [0.2, 0.25) is 0 Å². The maximum atomic E-state index is 13.2. The van der Waals surface area contributed by atoms with E-state index in [2.05, 4.69) is 10.6 Å². The average molecular weight is 399 g/mol. The number of nitrogens with one attached hydrogen (secondary N) is 2. The van der Waals surface area contributed by atoms with E-state index in [4.69, 9.17) is 5.73 Å². The van der Waals surface area contributed by atoms with Gasteiger partial charge in [0.15, 0.2) is 0 Å². The smallest absolute Gasteiger partial charge is 0.248 e. The molecule has 0 saturated carbocycles. The van der Waals surface area contributed by atoms with Gasteiger partial charge in [-0.25, -0.2) is 0 Å². The Bertz CT molecular complexity index is 583. The van der Waals surface area contributed by atoms with Crippen molar-refractivity contribution in [3.05, 3.63) is 0 Å². The number of hydrogen-bond acceptors (Lipinski definition) is 5. The first-order valence-electron chi connectivity index (χ1n) is 9.81. The summed E-state index contributed by atoms with van der Waals surface area (Å²) in [5.74, 6) is -1.52. The van der Waals surface area contributed by atoms with Crippen LogP contribution in [0.5, 0.6) is 0 Å². The summed E-state index contributed by atoms with van der Waals surface area (Å²) in [5.41, 5.74) is 3.63. The predicted octanol–water partition coefficient (Wildman–Crippen LogP) is 0.835. The molecular weight excluding hydrogens is 360 g/mol. The Morgan fingerprint density at radius 1 is 1.04 bits per heavy atom. The summed E-state index contributed by atoms with van der Waals surface area (Å²) in [5, 5.41) is 5.43. The third-order valence-corrected chi connectivity index (χ3v) is 4.85. The maximum absolute atomic E-state index is 13.2. The Balaban J connectivity index is 5.72. The van der Waals surface area contributed by atoms with Gasteiger partial charge in [-0.3, -0.25) is 19.2 Å². The summed E-state index contributed by atoms with van der Waals surface area (Å²) < 4.78 is 0. The Kier molecular flexibility index (Phi) is 9.81. The van der Waals surface area contributed by atoms with Crippen LogP contribution in [0.4, 0.5) is 0 Å². The van der Waals surface area contributed by atoms with Crippen LogP contribution in [0.15, 0.2) is 0 Å². The highest BCUT2D eigenvalue weighted by molar-refractivity contribution is 5.97. The fraction of sp³-hybridized carbons (Fsp3) is 0.800. The highest BCUT2D eigenvalue weighted by atomic mass is 16.2. The van der Waals surface area contributed by atoms with Crippen LogP contribution >= 0.6 is 0 Å². The highest BCUT2D eigenvalue weighted by Gasteiger charge is 2.41. The lowest BCUT2D eigenvalue weighted by Crippen LogP contribution is -2.61. The molecule has 0 bridgehead atoms. The van der Waals surface area contributed by atoms with Gasteiger partial charge in [-0.2, -0.15) is 0 Å². The summed E-state index contributed by atoms with van der Waals surface area (Å²) in [6, 6.07) is -0.979. The van der Waals surface area contributed by atoms with Crippen LogP contribution in [-0.2, 0) is 19.2 Å². The van der Waals surface area contributed by atoms with E-state index in [0.717, 1.165) is 0 Å². The number of likely N-dealkylation sites (N-methyl/N-ethyl adjacent to an activating group) is 1. The van der Waals surface area contributed by atoms with Crippen LogP contribution in [0.3, 0.4) is 0 Å². The molecule has 0 radical (unpaired) electrons. The second-order valence-electron chi connectivity index (χ2n) is 8.72. The fourth-order valence-electron chi connectivity index (χ4n) is 2.44. The number of nitrogens with zero attached hydrogens (tertiary/aromatic N) is 1. The molecule has 0 rings (SSSR count). The monoisotopic (exact) mass is 398 g/mol. The van der Waals surface area contributed by atoms with Gasteiger partial charge in [0.25, 0.3) is 0 Å². The number of rotatable bonds is 10. The number of Topliss-reactive ketones (excluding diaryl/α,β-unsaturated/α-hetero) is 1. The van der Waals surface area contributed by atoms with Crippen LogP contribution < -0.4 is 16.4 Å². The molecule has 0 aliphatic rings. The average Bonchev–Trinajstić information content (AvgIpc) is 2.61. The second-order valence-corrected chi connectivity index (χ2v) is 8.72. The molecule has 0 aliphatic heterocycles. The van der Waals surface area contributed by atoms with E-state index in [0.29, 0.717) is 6.42 Å². The molecule has 0 fully saturated rings. The van der Waals surface area contributed by atoms with Gasteiger partial charge in [0.1, 0.15) is 17.4 Å². The van der Waals surface area contributed by atoms with Crippen LogP contribution in [-0.4, -0.2) is 60.1 Å². The molecule has 28 heavy (non-hydrogen) atoms. The van der Waals surface area contributed by atoms with Gasteiger partial charge in [0, 0.05) is 37.9 Å². The third-order valence-electron chi connectivity index (χ3n) is 4.85. The largest absolute Gasteiger partial charge is 0.353 e. The summed E-state index contributed by atoms with van der Waals surface area (Å²) >= 11 is 0. The van der Waals surface area contributed by atoms with E-state index in [1.54, 1.807) is 48.5 Å². The summed E-state index contributed by atoms with van der Waals surface area (Å²) in [6.45, 7) is 12.7. The van der Waals surface area contributed by atoms with Crippen LogP contribution in [0.25, 0.3) is 0 Å². The van der Waals surface area contributed by atoms with Gasteiger partial charge in [-0.05, 0) is 13.3 Å². The van der Waals surface area contributed by atoms with Crippen molar-refractivity contribution in [2.24, 2.45) is 17.1 Å². The molecule has 0 aliphatic carbocycles. The van der Waals surface area contributed by atoms with Crippen molar-refractivity contribution in [1.29, 1.82) is 0 Å². The normalized spacial score (nSPS) is 14.8. The topological polar surface area (TPSA) is 122 Å². The summed E-state index contributed by atoms with van der Waals surface area (Å²) in [4.78, 5) is 51.8. The molecule has 8 nitrogen and oxygen atoms in total. The zero-order valence-corrected chi connectivity index (χ0v) is 18.6. The number of carbonyl (C=O) groups excluding carboxylic acids is 4. The van der Waals surface area contributed by atoms with Gasteiger partial charge in [-0.15, -0.1) is 0 Å². The van der Waals surface area contributed by atoms with Crippen LogP contribution in [0, 0.1) is 11.3 Å². The van der Waals surface area contributed by atoms with Gasteiger partial charge in [-0.1, -0.05) is 41.5 Å². The van der Waals surface area contributed by atoms with Crippen LogP contribution in [0.1, 0.15) is 61.3 Å². The van der Waals surface area contributed by atoms with Crippen molar-refractivity contribution in [2.75, 3.05) is 20.1 Å². The molecule has 0 spiro atoms. The van der Waals surface area contributed by atoms with E-state index in [1.165, 1.54) is 11.9 Å². The minimum absolute atomic E-state index is 0.111. The maximum Gasteiger partial charge on any atom is 0.248 e. The van der Waals surface area contributed by atoms with E-state index < -0.39 is 28.8 Å². The lowest BCUT2D eigenvalue weighted by molar-refractivity contribution is -0.147. The molecule has 0 heterocycles.